The second-order valence-corrected chi connectivity index (χ2v) is 5.28. The molecule has 0 atom stereocenters. The quantitative estimate of drug-likeness (QED) is 0.800. The lowest BCUT2D eigenvalue weighted by Crippen LogP contribution is -2.14. The van der Waals surface area contributed by atoms with Crippen LogP contribution in [0.1, 0.15) is 10.4 Å². The highest BCUT2D eigenvalue weighted by Crippen LogP contribution is 2.25. The van der Waals surface area contributed by atoms with Gasteiger partial charge in [-0.15, -0.1) is 11.3 Å². The van der Waals surface area contributed by atoms with Crippen LogP contribution in [-0.2, 0) is 7.05 Å². The lowest BCUT2D eigenvalue weighted by atomic mass is 10.2. The predicted octanol–water partition coefficient (Wildman–Crippen LogP) is 3.40. The van der Waals surface area contributed by atoms with Gasteiger partial charge in [0.15, 0.2) is 0 Å². The largest absolute Gasteiger partial charge is 0.307 e. The first kappa shape index (κ1) is 12.6. The van der Waals surface area contributed by atoms with Crippen molar-refractivity contribution in [1.29, 1.82) is 0 Å². The SMILES string of the molecule is Cn1nc(-c2cccs2)cc1NC(=O)c1ccccc1. The van der Waals surface area contributed by atoms with Crippen molar-refractivity contribution in [3.63, 3.8) is 0 Å². The number of aromatic nitrogens is 2. The van der Waals surface area contributed by atoms with E-state index in [1.807, 2.05) is 48.8 Å². The van der Waals surface area contributed by atoms with E-state index in [-0.39, 0.29) is 5.91 Å². The Labute approximate surface area is 120 Å². The summed E-state index contributed by atoms with van der Waals surface area (Å²) < 4.78 is 1.68. The van der Waals surface area contributed by atoms with Gasteiger partial charge in [0.2, 0.25) is 0 Å². The molecule has 0 saturated heterocycles. The maximum atomic E-state index is 12.1. The summed E-state index contributed by atoms with van der Waals surface area (Å²) in [6, 6.07) is 15.0. The Morgan fingerprint density at radius 2 is 2.00 bits per heavy atom. The standard InChI is InChI=1S/C15H13N3OS/c1-18-14(10-12(17-18)13-8-5-9-20-13)16-15(19)11-6-3-2-4-7-11/h2-10H,1H3,(H,16,19). The highest BCUT2D eigenvalue weighted by molar-refractivity contribution is 7.13. The molecular formula is C15H13N3OS. The lowest BCUT2D eigenvalue weighted by Gasteiger charge is -2.04. The molecular weight excluding hydrogens is 270 g/mol. The van der Waals surface area contributed by atoms with Gasteiger partial charge in [-0.25, -0.2) is 0 Å². The summed E-state index contributed by atoms with van der Waals surface area (Å²) >= 11 is 1.62. The molecule has 2 heterocycles. The number of amides is 1. The van der Waals surface area contributed by atoms with Crippen molar-refractivity contribution in [3.05, 3.63) is 59.5 Å². The summed E-state index contributed by atoms with van der Waals surface area (Å²) in [4.78, 5) is 13.2. The van der Waals surface area contributed by atoms with Gasteiger partial charge in [0.05, 0.1) is 4.88 Å². The first-order chi connectivity index (χ1) is 9.74. The zero-order chi connectivity index (χ0) is 13.9. The van der Waals surface area contributed by atoms with Gasteiger partial charge >= 0.3 is 0 Å². The van der Waals surface area contributed by atoms with E-state index >= 15 is 0 Å². The van der Waals surface area contributed by atoms with E-state index in [9.17, 15) is 4.79 Å². The Balaban J connectivity index is 1.83. The fraction of sp³-hybridized carbons (Fsp3) is 0.0667. The van der Waals surface area contributed by atoms with Gasteiger partial charge in [-0.3, -0.25) is 9.48 Å². The zero-order valence-corrected chi connectivity index (χ0v) is 11.7. The first-order valence-corrected chi connectivity index (χ1v) is 7.06. The third kappa shape index (κ3) is 2.48. The van der Waals surface area contributed by atoms with Gasteiger partial charge in [-0.1, -0.05) is 24.3 Å². The maximum Gasteiger partial charge on any atom is 0.256 e. The molecule has 0 bridgehead atoms. The van der Waals surface area contributed by atoms with Crippen LogP contribution in [0.25, 0.3) is 10.6 Å². The van der Waals surface area contributed by atoms with Crippen LogP contribution < -0.4 is 5.32 Å². The van der Waals surface area contributed by atoms with Gasteiger partial charge in [0.1, 0.15) is 11.5 Å². The predicted molar refractivity (Wildman–Crippen MR) is 80.9 cm³/mol. The van der Waals surface area contributed by atoms with Crippen molar-refractivity contribution >= 4 is 23.1 Å². The second-order valence-electron chi connectivity index (χ2n) is 4.34. The number of aryl methyl sites for hydroxylation is 1. The Hall–Kier alpha value is -2.40. The maximum absolute atomic E-state index is 12.1. The van der Waals surface area contributed by atoms with Crippen molar-refractivity contribution in [2.75, 3.05) is 5.32 Å². The summed E-state index contributed by atoms with van der Waals surface area (Å²) in [6.07, 6.45) is 0. The van der Waals surface area contributed by atoms with E-state index in [2.05, 4.69) is 10.4 Å². The van der Waals surface area contributed by atoms with Crippen LogP contribution in [-0.4, -0.2) is 15.7 Å². The number of nitrogens with zero attached hydrogens (tertiary/aromatic N) is 2. The molecule has 1 amide bonds. The van der Waals surface area contributed by atoms with Crippen LogP contribution in [0.4, 0.5) is 5.82 Å². The summed E-state index contributed by atoms with van der Waals surface area (Å²) in [5.74, 6) is 0.550. The topological polar surface area (TPSA) is 46.9 Å². The number of rotatable bonds is 3. The molecule has 0 unspecified atom stereocenters. The van der Waals surface area contributed by atoms with Crippen molar-refractivity contribution in [2.24, 2.45) is 7.05 Å². The highest BCUT2D eigenvalue weighted by Gasteiger charge is 2.11. The van der Waals surface area contributed by atoms with E-state index in [0.717, 1.165) is 10.6 Å². The minimum atomic E-state index is -0.133. The molecule has 3 rings (SSSR count). The van der Waals surface area contributed by atoms with Gasteiger partial charge in [-0.05, 0) is 23.6 Å². The number of nitrogens with one attached hydrogen (secondary N) is 1. The van der Waals surface area contributed by atoms with Crippen molar-refractivity contribution < 1.29 is 4.79 Å². The average Bonchev–Trinajstić information content (AvgIpc) is 3.10. The molecule has 0 fully saturated rings. The van der Waals surface area contributed by atoms with E-state index in [1.54, 1.807) is 28.2 Å². The summed E-state index contributed by atoms with van der Waals surface area (Å²) in [6.45, 7) is 0. The number of carbonyl (C=O) groups excluding carboxylic acids is 1. The Kier molecular flexibility index (Phi) is 3.35. The zero-order valence-electron chi connectivity index (χ0n) is 10.9. The number of hydrogen-bond acceptors (Lipinski definition) is 3. The minimum absolute atomic E-state index is 0.133. The molecule has 3 aromatic rings. The molecule has 4 nitrogen and oxygen atoms in total. The second kappa shape index (κ2) is 5.30. The smallest absolute Gasteiger partial charge is 0.256 e. The Morgan fingerprint density at radius 3 is 2.70 bits per heavy atom. The van der Waals surface area contributed by atoms with E-state index in [4.69, 9.17) is 0 Å². The Bertz CT molecular complexity index is 717. The van der Waals surface area contributed by atoms with Crippen LogP contribution in [0.15, 0.2) is 53.9 Å². The van der Waals surface area contributed by atoms with Crippen LogP contribution in [0.3, 0.4) is 0 Å². The normalized spacial score (nSPS) is 10.4. The van der Waals surface area contributed by atoms with E-state index in [1.165, 1.54) is 0 Å². The lowest BCUT2D eigenvalue weighted by molar-refractivity contribution is 0.102. The molecule has 5 heteroatoms. The number of hydrogen-bond donors (Lipinski definition) is 1. The summed E-state index contributed by atoms with van der Waals surface area (Å²) in [7, 11) is 1.82. The van der Waals surface area contributed by atoms with Gasteiger partial charge in [0, 0.05) is 18.7 Å². The minimum Gasteiger partial charge on any atom is -0.307 e. The molecule has 2 aromatic heterocycles. The fourth-order valence-corrected chi connectivity index (χ4v) is 2.59. The number of thiophene rings is 1. The third-order valence-electron chi connectivity index (χ3n) is 2.93. The third-order valence-corrected chi connectivity index (χ3v) is 3.82. The van der Waals surface area contributed by atoms with Gasteiger partial charge in [-0.2, -0.15) is 5.10 Å². The average molecular weight is 283 g/mol. The van der Waals surface area contributed by atoms with Crippen LogP contribution in [0.2, 0.25) is 0 Å². The van der Waals surface area contributed by atoms with Gasteiger partial charge < -0.3 is 5.32 Å². The molecule has 0 aliphatic heterocycles. The monoisotopic (exact) mass is 283 g/mol. The van der Waals surface area contributed by atoms with Crippen LogP contribution in [0, 0.1) is 0 Å². The number of carbonyl (C=O) groups is 1. The molecule has 20 heavy (non-hydrogen) atoms. The number of benzene rings is 1. The first-order valence-electron chi connectivity index (χ1n) is 6.18. The van der Waals surface area contributed by atoms with Gasteiger partial charge in [0.25, 0.3) is 5.91 Å². The molecule has 0 spiro atoms. The molecule has 1 N–H and O–H groups in total. The van der Waals surface area contributed by atoms with E-state index in [0.29, 0.717) is 11.4 Å². The molecule has 0 radical (unpaired) electrons. The number of anilines is 1. The van der Waals surface area contributed by atoms with Crippen LogP contribution in [0.5, 0.6) is 0 Å². The molecule has 0 aliphatic rings. The highest BCUT2D eigenvalue weighted by atomic mass is 32.1. The fourth-order valence-electron chi connectivity index (χ4n) is 1.91. The van der Waals surface area contributed by atoms with E-state index < -0.39 is 0 Å². The Morgan fingerprint density at radius 1 is 1.20 bits per heavy atom. The molecule has 100 valence electrons. The van der Waals surface area contributed by atoms with Crippen molar-refractivity contribution in [2.45, 2.75) is 0 Å². The molecule has 0 saturated carbocycles. The molecule has 1 aromatic carbocycles. The summed E-state index contributed by atoms with van der Waals surface area (Å²) in [5, 5.41) is 9.29. The van der Waals surface area contributed by atoms with Crippen molar-refractivity contribution in [1.82, 2.24) is 9.78 Å². The van der Waals surface area contributed by atoms with Crippen molar-refractivity contribution in [3.8, 4) is 10.6 Å². The molecule has 0 aliphatic carbocycles. The van der Waals surface area contributed by atoms with Crippen LogP contribution >= 0.6 is 11.3 Å². The summed E-state index contributed by atoms with van der Waals surface area (Å²) in [5.41, 5.74) is 1.50.